The van der Waals surface area contributed by atoms with Crippen molar-refractivity contribution < 1.29 is 19.1 Å². The second kappa shape index (κ2) is 8.08. The first-order valence-corrected chi connectivity index (χ1v) is 10.6. The van der Waals surface area contributed by atoms with Gasteiger partial charge in [0.1, 0.15) is 11.6 Å². The van der Waals surface area contributed by atoms with Gasteiger partial charge in [-0.25, -0.2) is 9.78 Å². The summed E-state index contributed by atoms with van der Waals surface area (Å²) in [6, 6.07) is 8.47. The van der Waals surface area contributed by atoms with Crippen LogP contribution in [0.15, 0.2) is 48.1 Å². The van der Waals surface area contributed by atoms with Gasteiger partial charge >= 0.3 is 6.09 Å². The summed E-state index contributed by atoms with van der Waals surface area (Å²) in [5.74, 6) is 0.199. The van der Waals surface area contributed by atoms with E-state index < -0.39 is 17.7 Å². The number of hydrogen-bond acceptors (Lipinski definition) is 6. The van der Waals surface area contributed by atoms with Crippen LogP contribution in [-0.4, -0.2) is 57.7 Å². The van der Waals surface area contributed by atoms with Crippen molar-refractivity contribution in [1.82, 2.24) is 14.3 Å². The fraction of sp³-hybridized carbons (Fsp3) is 0.381. The van der Waals surface area contributed by atoms with Gasteiger partial charge in [0.25, 0.3) is 5.91 Å². The predicted octanol–water partition coefficient (Wildman–Crippen LogP) is 3.70. The zero-order chi connectivity index (χ0) is 21.3. The molecule has 3 heterocycles. The summed E-state index contributed by atoms with van der Waals surface area (Å²) in [6.07, 6.45) is 3.17. The monoisotopic (exact) mass is 428 g/mol. The van der Waals surface area contributed by atoms with Gasteiger partial charge in [-0.15, -0.1) is 11.3 Å². The van der Waals surface area contributed by atoms with Crippen molar-refractivity contribution in [1.29, 1.82) is 0 Å². The number of ether oxygens (including phenoxy) is 2. The van der Waals surface area contributed by atoms with Gasteiger partial charge in [-0.1, -0.05) is 18.2 Å². The number of nitrogens with zero attached hydrogens (tertiary/aromatic N) is 4. The van der Waals surface area contributed by atoms with Crippen LogP contribution in [0.2, 0.25) is 0 Å². The molecule has 9 heteroatoms. The van der Waals surface area contributed by atoms with E-state index in [4.69, 9.17) is 9.47 Å². The highest BCUT2D eigenvalue weighted by atomic mass is 32.1. The fourth-order valence-corrected chi connectivity index (χ4v) is 3.96. The molecule has 1 aliphatic rings. The van der Waals surface area contributed by atoms with E-state index in [1.807, 2.05) is 46.3 Å². The normalized spacial score (nSPS) is 17.2. The number of thiazole rings is 1. The van der Waals surface area contributed by atoms with Gasteiger partial charge in [-0.05, 0) is 32.9 Å². The van der Waals surface area contributed by atoms with Crippen molar-refractivity contribution >= 4 is 39.8 Å². The molecule has 0 bridgehead atoms. The Hall–Kier alpha value is -2.91. The number of morpholine rings is 1. The Morgan fingerprint density at radius 3 is 2.73 bits per heavy atom. The molecule has 2 aromatic heterocycles. The summed E-state index contributed by atoms with van der Waals surface area (Å²) >= 11 is 1.48. The number of carbonyl (C=O) groups excluding carboxylic acids is 2. The molecule has 2 amide bonds. The predicted molar refractivity (Wildman–Crippen MR) is 114 cm³/mol. The Bertz CT molecular complexity index is 1010. The topological polar surface area (TPSA) is 76.4 Å². The Morgan fingerprint density at radius 1 is 1.27 bits per heavy atom. The summed E-state index contributed by atoms with van der Waals surface area (Å²) in [7, 11) is 0. The lowest BCUT2D eigenvalue weighted by atomic mass is 10.1. The number of imidazole rings is 1. The molecular formula is C21H24N4O4S. The molecule has 1 fully saturated rings. The highest BCUT2D eigenvalue weighted by molar-refractivity contribution is 7.15. The lowest BCUT2D eigenvalue weighted by molar-refractivity contribution is -0.128. The molecule has 158 valence electrons. The molecule has 30 heavy (non-hydrogen) atoms. The highest BCUT2D eigenvalue weighted by Gasteiger charge is 2.39. The minimum atomic E-state index is -0.812. The van der Waals surface area contributed by atoms with Crippen LogP contribution in [-0.2, 0) is 14.3 Å². The maximum absolute atomic E-state index is 13.7. The maximum atomic E-state index is 13.7. The van der Waals surface area contributed by atoms with E-state index in [9.17, 15) is 9.59 Å². The third-order valence-electron chi connectivity index (χ3n) is 4.59. The Balaban J connectivity index is 1.69. The summed E-state index contributed by atoms with van der Waals surface area (Å²) in [5.41, 5.74) is 0.0130. The number of rotatable bonds is 3. The first kappa shape index (κ1) is 20.4. The van der Waals surface area contributed by atoms with E-state index >= 15 is 0 Å². The molecule has 1 unspecified atom stereocenters. The molecule has 1 aromatic carbocycles. The molecule has 0 saturated carbocycles. The molecule has 4 rings (SSSR count). The van der Waals surface area contributed by atoms with E-state index in [0.29, 0.717) is 18.1 Å². The maximum Gasteiger partial charge on any atom is 0.411 e. The van der Waals surface area contributed by atoms with Crippen molar-refractivity contribution in [3.8, 4) is 0 Å². The molecule has 0 aliphatic carbocycles. The van der Waals surface area contributed by atoms with Crippen molar-refractivity contribution in [3.05, 3.63) is 48.1 Å². The molecule has 8 nitrogen and oxygen atoms in total. The second-order valence-corrected chi connectivity index (χ2v) is 8.84. The average molecular weight is 429 g/mol. The summed E-state index contributed by atoms with van der Waals surface area (Å²) in [4.78, 5) is 34.9. The van der Waals surface area contributed by atoms with Gasteiger partial charge in [0.15, 0.2) is 10.8 Å². The van der Waals surface area contributed by atoms with Crippen LogP contribution in [0.1, 0.15) is 20.8 Å². The molecule has 0 spiro atoms. The first-order valence-electron chi connectivity index (χ1n) is 9.72. The van der Waals surface area contributed by atoms with Crippen LogP contribution in [0.3, 0.4) is 0 Å². The fourth-order valence-electron chi connectivity index (χ4n) is 3.27. The molecule has 1 aliphatic heterocycles. The molecule has 1 saturated heterocycles. The summed E-state index contributed by atoms with van der Waals surface area (Å²) in [6.45, 7) is 6.15. The third-order valence-corrected chi connectivity index (χ3v) is 5.36. The number of hydrogen-bond donors (Lipinski definition) is 0. The largest absolute Gasteiger partial charge is 0.444 e. The van der Waals surface area contributed by atoms with E-state index in [0.717, 1.165) is 4.96 Å². The summed E-state index contributed by atoms with van der Waals surface area (Å²) in [5, 5.41) is 1.93. The second-order valence-electron chi connectivity index (χ2n) is 7.97. The van der Waals surface area contributed by atoms with Crippen molar-refractivity contribution in [3.63, 3.8) is 0 Å². The van der Waals surface area contributed by atoms with E-state index in [2.05, 4.69) is 4.98 Å². The van der Waals surface area contributed by atoms with E-state index in [-0.39, 0.29) is 19.1 Å². The van der Waals surface area contributed by atoms with Crippen LogP contribution < -0.4 is 4.90 Å². The van der Waals surface area contributed by atoms with Crippen LogP contribution >= 0.6 is 11.3 Å². The van der Waals surface area contributed by atoms with Gasteiger partial charge in [-0.3, -0.25) is 19.0 Å². The average Bonchev–Trinajstić information content (AvgIpc) is 3.30. The number of para-hydroxylation sites is 1. The Kier molecular flexibility index (Phi) is 5.48. The zero-order valence-corrected chi connectivity index (χ0v) is 18.0. The first-order chi connectivity index (χ1) is 14.3. The van der Waals surface area contributed by atoms with Crippen LogP contribution in [0, 0.1) is 0 Å². The van der Waals surface area contributed by atoms with Crippen molar-refractivity contribution in [2.75, 3.05) is 24.7 Å². The van der Waals surface area contributed by atoms with Gasteiger partial charge in [-0.2, -0.15) is 0 Å². The standard InChI is InChI=1S/C21H24N4O4S/c1-21(2,3)29-20(27)24-9-11-28-14-16(24)18(26)25(15-7-5-4-6-8-15)17-13-23-10-12-30-19(23)22-17/h4-8,10,12-13,16H,9,11,14H2,1-3H3. The molecule has 3 aromatic rings. The van der Waals surface area contributed by atoms with Crippen molar-refractivity contribution in [2.45, 2.75) is 32.4 Å². The van der Waals surface area contributed by atoms with Gasteiger partial charge in [0.05, 0.1) is 25.1 Å². The van der Waals surface area contributed by atoms with Gasteiger partial charge < -0.3 is 9.47 Å². The zero-order valence-electron chi connectivity index (χ0n) is 17.1. The quantitative estimate of drug-likeness (QED) is 0.636. The summed E-state index contributed by atoms with van der Waals surface area (Å²) < 4.78 is 13.0. The van der Waals surface area contributed by atoms with E-state index in [1.54, 1.807) is 27.0 Å². The number of carbonyl (C=O) groups is 2. The molecular weight excluding hydrogens is 404 g/mol. The number of amides is 2. The minimum Gasteiger partial charge on any atom is -0.444 e. The molecule has 0 N–H and O–H groups in total. The Morgan fingerprint density at radius 2 is 2.03 bits per heavy atom. The number of aromatic nitrogens is 2. The van der Waals surface area contributed by atoms with Crippen molar-refractivity contribution in [2.24, 2.45) is 0 Å². The van der Waals surface area contributed by atoms with Crippen LogP contribution in [0.25, 0.3) is 4.96 Å². The lowest BCUT2D eigenvalue weighted by Gasteiger charge is -2.37. The number of anilines is 2. The Labute approximate surface area is 178 Å². The van der Waals surface area contributed by atoms with Gasteiger partial charge in [0.2, 0.25) is 0 Å². The SMILES string of the molecule is CC(C)(C)OC(=O)N1CCOCC1C(=O)N(c1ccccc1)c1cn2ccsc2n1. The smallest absolute Gasteiger partial charge is 0.411 e. The van der Waals surface area contributed by atoms with E-state index in [1.165, 1.54) is 21.1 Å². The molecule has 1 atom stereocenters. The minimum absolute atomic E-state index is 0.101. The number of fused-ring (bicyclic) bond motifs is 1. The van der Waals surface area contributed by atoms with Gasteiger partial charge in [0, 0.05) is 18.1 Å². The van der Waals surface area contributed by atoms with Crippen LogP contribution in [0.4, 0.5) is 16.3 Å². The van der Waals surface area contributed by atoms with Crippen LogP contribution in [0.5, 0.6) is 0 Å². The highest BCUT2D eigenvalue weighted by Crippen LogP contribution is 2.29. The molecule has 0 radical (unpaired) electrons. The number of benzene rings is 1. The third kappa shape index (κ3) is 4.17. The lowest BCUT2D eigenvalue weighted by Crippen LogP contribution is -2.57.